The van der Waals surface area contributed by atoms with Gasteiger partial charge in [0.1, 0.15) is 0 Å². The first kappa shape index (κ1) is 10.8. The molecule has 4 heteroatoms. The fourth-order valence-corrected chi connectivity index (χ4v) is 3.69. The molecule has 15 heavy (non-hydrogen) atoms. The molecule has 2 aliphatic rings. The number of carbonyl (C=O) groups is 1. The zero-order valence-electron chi connectivity index (χ0n) is 9.03. The fraction of sp³-hybridized carbons (Fsp3) is 0.818. The fourth-order valence-electron chi connectivity index (χ4n) is 2.38. The molecule has 0 aliphatic carbocycles. The van der Waals surface area contributed by atoms with Crippen molar-refractivity contribution in [2.45, 2.75) is 30.9 Å². The van der Waals surface area contributed by atoms with E-state index in [1.165, 1.54) is 18.6 Å². The summed E-state index contributed by atoms with van der Waals surface area (Å²) in [6.07, 6.45) is 2.88. The first-order chi connectivity index (χ1) is 7.13. The van der Waals surface area contributed by atoms with Crippen molar-refractivity contribution in [1.82, 2.24) is 4.90 Å². The Morgan fingerprint density at radius 2 is 2.53 bits per heavy atom. The second-order valence-corrected chi connectivity index (χ2v) is 6.39. The van der Waals surface area contributed by atoms with E-state index >= 15 is 0 Å². The molecule has 0 aromatic carbocycles. The molecule has 2 rings (SSSR count). The van der Waals surface area contributed by atoms with E-state index in [-0.39, 0.29) is 16.6 Å². The smallest absolute Gasteiger partial charge is 0.224 e. The van der Waals surface area contributed by atoms with Gasteiger partial charge in [-0.1, -0.05) is 0 Å². The number of thioether (sulfide) groups is 1. The van der Waals surface area contributed by atoms with E-state index in [0.29, 0.717) is 13.0 Å². The number of likely N-dealkylation sites (tertiary alicyclic amines) is 1. The molecule has 0 saturated carbocycles. The molecule has 1 amide bonds. The third kappa shape index (κ3) is 2.28. The molecule has 0 radical (unpaired) electrons. The van der Waals surface area contributed by atoms with Crippen LogP contribution in [0.2, 0.25) is 0 Å². The second kappa shape index (κ2) is 4.05. The minimum absolute atomic E-state index is 0.0764. The van der Waals surface area contributed by atoms with Gasteiger partial charge in [-0.3, -0.25) is 4.79 Å². The van der Waals surface area contributed by atoms with Gasteiger partial charge in [-0.25, -0.2) is 0 Å². The molecule has 3 nitrogen and oxygen atoms in total. The summed E-state index contributed by atoms with van der Waals surface area (Å²) in [7, 11) is 0. The molecule has 0 bridgehead atoms. The molecular weight excluding hydrogens is 208 g/mol. The summed E-state index contributed by atoms with van der Waals surface area (Å²) in [5.41, 5.74) is 0. The lowest BCUT2D eigenvalue weighted by molar-refractivity contribution is -0.128. The van der Waals surface area contributed by atoms with Crippen LogP contribution in [0, 0.1) is 17.2 Å². The van der Waals surface area contributed by atoms with Crippen LogP contribution in [-0.2, 0) is 4.79 Å². The lowest BCUT2D eigenvalue weighted by Gasteiger charge is -2.28. The Bertz CT molecular complexity index is 304. The number of hydrogen-bond donors (Lipinski definition) is 0. The van der Waals surface area contributed by atoms with Gasteiger partial charge in [-0.2, -0.15) is 17.0 Å². The van der Waals surface area contributed by atoms with E-state index in [2.05, 4.69) is 13.0 Å². The largest absolute Gasteiger partial charge is 0.340 e. The van der Waals surface area contributed by atoms with E-state index in [0.717, 1.165) is 6.54 Å². The number of amides is 1. The lowest BCUT2D eigenvalue weighted by atomic mass is 10.1. The minimum Gasteiger partial charge on any atom is -0.340 e. The number of nitrogens with zero attached hydrogens (tertiary/aromatic N) is 2. The SMILES string of the molecule is CC1(CN2CC(C#N)CC2=O)CCCS1. The Hall–Kier alpha value is -0.690. The Balaban J connectivity index is 1.95. The minimum atomic E-state index is -0.0764. The van der Waals surface area contributed by atoms with Gasteiger partial charge in [0.15, 0.2) is 0 Å². The zero-order valence-corrected chi connectivity index (χ0v) is 9.85. The summed E-state index contributed by atoms with van der Waals surface area (Å²) in [6.45, 7) is 3.71. The first-order valence-electron chi connectivity index (χ1n) is 5.44. The van der Waals surface area contributed by atoms with E-state index in [4.69, 9.17) is 5.26 Å². The monoisotopic (exact) mass is 224 g/mol. The van der Waals surface area contributed by atoms with Gasteiger partial charge in [0.2, 0.25) is 5.91 Å². The van der Waals surface area contributed by atoms with Crippen LogP contribution in [0.1, 0.15) is 26.2 Å². The van der Waals surface area contributed by atoms with Crippen molar-refractivity contribution < 1.29 is 4.79 Å². The van der Waals surface area contributed by atoms with Gasteiger partial charge in [0.05, 0.1) is 12.0 Å². The number of carbonyl (C=O) groups excluding carboxylic acids is 1. The van der Waals surface area contributed by atoms with Crippen LogP contribution in [0.3, 0.4) is 0 Å². The van der Waals surface area contributed by atoms with Crippen molar-refractivity contribution in [2.24, 2.45) is 5.92 Å². The number of nitriles is 1. The molecular formula is C11H16N2OS. The van der Waals surface area contributed by atoms with Gasteiger partial charge >= 0.3 is 0 Å². The van der Waals surface area contributed by atoms with Crippen LogP contribution in [0.4, 0.5) is 0 Å². The molecule has 0 spiro atoms. The van der Waals surface area contributed by atoms with Crippen LogP contribution in [-0.4, -0.2) is 34.4 Å². The van der Waals surface area contributed by atoms with Gasteiger partial charge in [0.25, 0.3) is 0 Å². The normalized spacial score (nSPS) is 35.9. The molecule has 0 aromatic rings. The van der Waals surface area contributed by atoms with Crippen molar-refractivity contribution >= 4 is 17.7 Å². The average Bonchev–Trinajstić information content (AvgIpc) is 2.75. The maximum absolute atomic E-state index is 11.6. The van der Waals surface area contributed by atoms with Crippen molar-refractivity contribution in [2.75, 3.05) is 18.8 Å². The molecule has 2 fully saturated rings. The lowest BCUT2D eigenvalue weighted by Crippen LogP contribution is -2.38. The maximum atomic E-state index is 11.6. The van der Waals surface area contributed by atoms with Gasteiger partial charge < -0.3 is 4.90 Å². The van der Waals surface area contributed by atoms with Gasteiger partial charge in [-0.15, -0.1) is 0 Å². The third-order valence-electron chi connectivity index (χ3n) is 3.22. The van der Waals surface area contributed by atoms with E-state index in [1.54, 1.807) is 0 Å². The number of rotatable bonds is 2. The molecule has 82 valence electrons. The Morgan fingerprint density at radius 3 is 3.07 bits per heavy atom. The standard InChI is InChI=1S/C11H16N2OS/c1-11(3-2-4-15-11)8-13-7-9(6-12)5-10(13)14/h9H,2-5,7-8H2,1H3. The molecule has 0 N–H and O–H groups in total. The molecule has 2 saturated heterocycles. The van der Waals surface area contributed by atoms with E-state index < -0.39 is 0 Å². The highest BCUT2D eigenvalue weighted by Crippen LogP contribution is 2.39. The third-order valence-corrected chi connectivity index (χ3v) is 4.75. The van der Waals surface area contributed by atoms with Gasteiger partial charge in [0, 0.05) is 24.3 Å². The highest BCUT2D eigenvalue weighted by atomic mass is 32.2. The van der Waals surface area contributed by atoms with Crippen molar-refractivity contribution in [3.05, 3.63) is 0 Å². The van der Waals surface area contributed by atoms with Crippen molar-refractivity contribution in [3.8, 4) is 6.07 Å². The second-order valence-electron chi connectivity index (χ2n) is 4.71. The Labute approximate surface area is 94.8 Å². The van der Waals surface area contributed by atoms with Crippen LogP contribution in [0.25, 0.3) is 0 Å². The molecule has 2 aliphatic heterocycles. The summed E-state index contributed by atoms with van der Waals surface area (Å²) in [5.74, 6) is 1.29. The summed E-state index contributed by atoms with van der Waals surface area (Å²) in [6, 6.07) is 2.19. The summed E-state index contributed by atoms with van der Waals surface area (Å²) in [4.78, 5) is 13.5. The maximum Gasteiger partial charge on any atom is 0.224 e. The quantitative estimate of drug-likeness (QED) is 0.716. The Kier molecular flexibility index (Phi) is 2.92. The van der Waals surface area contributed by atoms with Crippen molar-refractivity contribution in [1.29, 1.82) is 5.26 Å². The average molecular weight is 224 g/mol. The van der Waals surface area contributed by atoms with Crippen LogP contribution in [0.15, 0.2) is 0 Å². The Morgan fingerprint density at radius 1 is 1.73 bits per heavy atom. The van der Waals surface area contributed by atoms with Crippen LogP contribution in [0.5, 0.6) is 0 Å². The summed E-state index contributed by atoms with van der Waals surface area (Å²) in [5, 5.41) is 8.79. The van der Waals surface area contributed by atoms with Crippen molar-refractivity contribution in [3.63, 3.8) is 0 Å². The molecule has 2 unspecified atom stereocenters. The predicted molar refractivity (Wildman–Crippen MR) is 60.4 cm³/mol. The van der Waals surface area contributed by atoms with Gasteiger partial charge in [-0.05, 0) is 25.5 Å². The van der Waals surface area contributed by atoms with E-state index in [9.17, 15) is 4.79 Å². The summed E-state index contributed by atoms with van der Waals surface area (Å²) >= 11 is 1.97. The molecule has 2 atom stereocenters. The topological polar surface area (TPSA) is 44.1 Å². The predicted octanol–water partition coefficient (Wildman–Crippen LogP) is 1.64. The summed E-state index contributed by atoms with van der Waals surface area (Å²) < 4.78 is 0.236. The van der Waals surface area contributed by atoms with E-state index in [1.807, 2.05) is 16.7 Å². The molecule has 2 heterocycles. The number of hydrogen-bond acceptors (Lipinski definition) is 3. The van der Waals surface area contributed by atoms with Crippen LogP contribution < -0.4 is 0 Å². The molecule has 0 aromatic heterocycles. The highest BCUT2D eigenvalue weighted by Gasteiger charge is 2.37. The highest BCUT2D eigenvalue weighted by molar-refractivity contribution is 8.00. The first-order valence-corrected chi connectivity index (χ1v) is 6.43. The van der Waals surface area contributed by atoms with Crippen LogP contribution >= 0.6 is 11.8 Å². The zero-order chi connectivity index (χ0) is 10.9.